The Hall–Kier alpha value is -8.74. The van der Waals surface area contributed by atoms with Crippen molar-refractivity contribution in [3.63, 3.8) is 0 Å². The van der Waals surface area contributed by atoms with E-state index in [9.17, 15) is 0 Å². The number of hydrogen-bond acceptors (Lipinski definition) is 6. The highest BCUT2D eigenvalue weighted by atomic mass is 16.6. The third-order valence-corrected chi connectivity index (χ3v) is 11.7. The van der Waals surface area contributed by atoms with Crippen LogP contribution in [0.5, 0.6) is 46.0 Å². The zero-order chi connectivity index (χ0) is 42.4. The Morgan fingerprint density at radius 2 is 0.766 bits per heavy atom. The van der Waals surface area contributed by atoms with Gasteiger partial charge in [-0.25, -0.2) is 0 Å². The fourth-order valence-electron chi connectivity index (χ4n) is 8.62. The van der Waals surface area contributed by atoms with Crippen LogP contribution in [-0.4, -0.2) is 0 Å². The van der Waals surface area contributed by atoms with E-state index in [-0.39, 0.29) is 0 Å². The first-order chi connectivity index (χ1) is 31.7. The highest BCUT2D eigenvalue weighted by molar-refractivity contribution is 6.04. The topological polar surface area (TPSA) is 52.2 Å². The van der Waals surface area contributed by atoms with Crippen molar-refractivity contribution in [3.8, 4) is 79.4 Å². The van der Waals surface area contributed by atoms with E-state index in [1.165, 1.54) is 5.56 Å². The third-order valence-electron chi connectivity index (χ3n) is 11.7. The van der Waals surface area contributed by atoms with Crippen molar-refractivity contribution in [3.05, 3.63) is 224 Å². The molecule has 0 amide bonds. The molecule has 2 aliphatic rings. The molecular formula is C58H38N2O4. The summed E-state index contributed by atoms with van der Waals surface area (Å²) >= 11 is 0. The van der Waals surface area contributed by atoms with Crippen LogP contribution in [0.15, 0.2) is 224 Å². The molecule has 0 atom stereocenters. The van der Waals surface area contributed by atoms with Gasteiger partial charge in [-0.15, -0.1) is 0 Å². The number of anilines is 5. The van der Waals surface area contributed by atoms with E-state index >= 15 is 0 Å². The Labute approximate surface area is 370 Å². The van der Waals surface area contributed by atoms with E-state index in [4.69, 9.17) is 18.9 Å². The molecule has 12 rings (SSSR count). The number of fused-ring (bicyclic) bond motifs is 5. The summed E-state index contributed by atoms with van der Waals surface area (Å²) in [5, 5.41) is 6.14. The summed E-state index contributed by atoms with van der Waals surface area (Å²) < 4.78 is 25.6. The second kappa shape index (κ2) is 15.6. The second-order valence-corrected chi connectivity index (χ2v) is 15.8. The fraction of sp³-hybridized carbons (Fsp3) is 0. The van der Waals surface area contributed by atoms with Crippen LogP contribution in [0.25, 0.3) is 44.2 Å². The molecule has 0 unspecified atom stereocenters. The number of benzene rings is 10. The van der Waals surface area contributed by atoms with Crippen molar-refractivity contribution < 1.29 is 18.9 Å². The van der Waals surface area contributed by atoms with Gasteiger partial charge in [0.2, 0.25) is 0 Å². The van der Waals surface area contributed by atoms with Crippen molar-refractivity contribution in [2.45, 2.75) is 0 Å². The first kappa shape index (κ1) is 37.1. The molecule has 10 aromatic rings. The lowest BCUT2D eigenvalue weighted by Gasteiger charge is -2.30. The van der Waals surface area contributed by atoms with Crippen LogP contribution in [0, 0.1) is 0 Å². The van der Waals surface area contributed by atoms with Crippen LogP contribution >= 0.6 is 0 Å². The molecule has 6 nitrogen and oxygen atoms in total. The summed E-state index contributed by atoms with van der Waals surface area (Å²) in [4.78, 5) is 2.24. The number of nitrogens with one attached hydrogen (secondary N) is 1. The van der Waals surface area contributed by atoms with Crippen molar-refractivity contribution >= 4 is 39.2 Å². The van der Waals surface area contributed by atoms with E-state index in [2.05, 4.69) is 156 Å². The summed E-state index contributed by atoms with van der Waals surface area (Å²) in [7, 11) is 0. The van der Waals surface area contributed by atoms with Gasteiger partial charge in [0.25, 0.3) is 0 Å². The fourth-order valence-corrected chi connectivity index (χ4v) is 8.62. The Bertz CT molecular complexity index is 3270. The molecule has 64 heavy (non-hydrogen) atoms. The summed E-state index contributed by atoms with van der Waals surface area (Å²) in [6, 6.07) is 77.0. The second-order valence-electron chi connectivity index (χ2n) is 15.8. The summed E-state index contributed by atoms with van der Waals surface area (Å²) in [6.45, 7) is 0. The number of rotatable bonds is 8. The van der Waals surface area contributed by atoms with Gasteiger partial charge in [-0.1, -0.05) is 133 Å². The Balaban J connectivity index is 1.04. The zero-order valence-corrected chi connectivity index (χ0v) is 34.4. The van der Waals surface area contributed by atoms with Gasteiger partial charge in [0.15, 0.2) is 46.0 Å². The highest BCUT2D eigenvalue weighted by Crippen LogP contribution is 2.52. The molecule has 2 heterocycles. The van der Waals surface area contributed by atoms with Crippen LogP contribution in [0.3, 0.4) is 0 Å². The number of hydrogen-bond donors (Lipinski definition) is 1. The minimum atomic E-state index is 0.617. The quantitative estimate of drug-likeness (QED) is 0.165. The predicted octanol–water partition coefficient (Wildman–Crippen LogP) is 16.9. The smallest absolute Gasteiger partial charge is 0.172 e. The van der Waals surface area contributed by atoms with Crippen LogP contribution < -0.4 is 29.2 Å². The van der Waals surface area contributed by atoms with Gasteiger partial charge in [0, 0.05) is 34.5 Å². The van der Waals surface area contributed by atoms with Gasteiger partial charge in [-0.3, -0.25) is 0 Å². The van der Waals surface area contributed by atoms with E-state index in [1.54, 1.807) is 0 Å². The predicted molar refractivity (Wildman–Crippen MR) is 258 cm³/mol. The van der Waals surface area contributed by atoms with E-state index < -0.39 is 0 Å². The molecule has 0 aliphatic carbocycles. The number of para-hydroxylation sites is 4. The van der Waals surface area contributed by atoms with Gasteiger partial charge in [0.05, 0.1) is 17.1 Å². The van der Waals surface area contributed by atoms with Crippen molar-refractivity contribution in [2.75, 3.05) is 10.2 Å². The molecule has 0 fully saturated rings. The van der Waals surface area contributed by atoms with E-state index in [0.29, 0.717) is 46.0 Å². The van der Waals surface area contributed by atoms with Crippen molar-refractivity contribution in [1.82, 2.24) is 0 Å². The standard InChI is InChI=1S/C58H38N2O4/c1-3-13-38(14-4-1)40-23-26-44(27-24-40)59-58-48-18-8-7-17-41(48)25-30-49(58)43-33-42(39-15-5-2-6-16-39)34-47(35-43)60(45-28-31-54-56(36-45)63-52-21-11-9-19-50(52)61-54)46-29-32-55-57(37-46)64-53-22-12-10-20-51(53)62-55/h1-37,59H. The molecule has 0 saturated heterocycles. The lowest BCUT2D eigenvalue weighted by molar-refractivity contribution is 0.359. The third kappa shape index (κ3) is 6.89. The Morgan fingerprint density at radius 1 is 0.297 bits per heavy atom. The normalized spacial score (nSPS) is 11.9. The lowest BCUT2D eigenvalue weighted by Crippen LogP contribution is -2.12. The van der Waals surface area contributed by atoms with Crippen molar-refractivity contribution in [1.29, 1.82) is 0 Å². The van der Waals surface area contributed by atoms with Gasteiger partial charge in [-0.05, 0) is 112 Å². The van der Waals surface area contributed by atoms with Crippen LogP contribution in [-0.2, 0) is 0 Å². The first-order valence-corrected chi connectivity index (χ1v) is 21.3. The molecule has 6 heteroatoms. The minimum absolute atomic E-state index is 0.617. The molecule has 10 aromatic carbocycles. The average Bonchev–Trinajstić information content (AvgIpc) is 3.36. The molecule has 0 spiro atoms. The van der Waals surface area contributed by atoms with Gasteiger partial charge < -0.3 is 29.2 Å². The number of ether oxygens (including phenoxy) is 4. The minimum Gasteiger partial charge on any atom is -0.450 e. The highest BCUT2D eigenvalue weighted by Gasteiger charge is 2.25. The average molecular weight is 827 g/mol. The van der Waals surface area contributed by atoms with E-state index in [1.807, 2.05) is 78.9 Å². The number of nitrogens with zero attached hydrogens (tertiary/aromatic N) is 1. The van der Waals surface area contributed by atoms with Crippen LogP contribution in [0.2, 0.25) is 0 Å². The van der Waals surface area contributed by atoms with Crippen LogP contribution in [0.1, 0.15) is 0 Å². The molecule has 0 radical (unpaired) electrons. The Kier molecular flexibility index (Phi) is 9.05. The summed E-state index contributed by atoms with van der Waals surface area (Å²) in [5.41, 5.74) is 11.3. The molecule has 0 saturated carbocycles. The van der Waals surface area contributed by atoms with E-state index in [0.717, 1.165) is 67.0 Å². The maximum atomic E-state index is 6.50. The zero-order valence-electron chi connectivity index (χ0n) is 34.4. The monoisotopic (exact) mass is 826 g/mol. The maximum Gasteiger partial charge on any atom is 0.172 e. The molecule has 2 aliphatic heterocycles. The maximum absolute atomic E-state index is 6.50. The largest absolute Gasteiger partial charge is 0.450 e. The lowest BCUT2D eigenvalue weighted by atomic mass is 9.94. The first-order valence-electron chi connectivity index (χ1n) is 21.3. The van der Waals surface area contributed by atoms with Gasteiger partial charge >= 0.3 is 0 Å². The molecule has 304 valence electrons. The van der Waals surface area contributed by atoms with Crippen LogP contribution in [0.4, 0.5) is 28.4 Å². The molecule has 1 N–H and O–H groups in total. The molecular weight excluding hydrogens is 789 g/mol. The van der Waals surface area contributed by atoms with Crippen molar-refractivity contribution in [2.24, 2.45) is 0 Å². The SMILES string of the molecule is c1ccc(-c2ccc(Nc3c(-c4cc(-c5ccccc5)cc(N(c5ccc6c(c5)Oc5ccccc5O6)c5ccc6c(c5)Oc5ccccc5O6)c4)ccc4ccccc34)cc2)cc1. The van der Waals surface area contributed by atoms with Gasteiger partial charge in [-0.2, -0.15) is 0 Å². The van der Waals surface area contributed by atoms with Gasteiger partial charge in [0.1, 0.15) is 0 Å². The molecule has 0 bridgehead atoms. The summed E-state index contributed by atoms with van der Waals surface area (Å²) in [6.07, 6.45) is 0. The Morgan fingerprint density at radius 3 is 1.36 bits per heavy atom. The summed E-state index contributed by atoms with van der Waals surface area (Å²) in [5.74, 6) is 5.20. The molecule has 0 aromatic heterocycles.